The second-order valence-corrected chi connectivity index (χ2v) is 3.70. The number of anilines is 1. The zero-order chi connectivity index (χ0) is 14.6. The molecule has 19 heavy (non-hydrogen) atoms. The van der Waals surface area contributed by atoms with E-state index in [1.165, 1.54) is 7.11 Å². The molecule has 0 heterocycles. The fourth-order valence-corrected chi connectivity index (χ4v) is 1.49. The van der Waals surface area contributed by atoms with Crippen molar-refractivity contribution in [3.05, 3.63) is 28.1 Å². The van der Waals surface area contributed by atoms with E-state index < -0.39 is 28.4 Å². The quantitative estimate of drug-likeness (QED) is 0.606. The van der Waals surface area contributed by atoms with Gasteiger partial charge in [-0.15, -0.1) is 0 Å². The first-order chi connectivity index (χ1) is 8.90. The van der Waals surface area contributed by atoms with Gasteiger partial charge in [0.1, 0.15) is 6.04 Å². The summed E-state index contributed by atoms with van der Waals surface area (Å²) >= 11 is 0. The number of ether oxygens (including phenoxy) is 1. The Hall–Kier alpha value is -2.38. The third-order valence-electron chi connectivity index (χ3n) is 2.50. The molecule has 0 aliphatic rings. The van der Waals surface area contributed by atoms with Crippen molar-refractivity contribution in [2.45, 2.75) is 19.4 Å². The number of benzene rings is 1. The van der Waals surface area contributed by atoms with E-state index in [4.69, 9.17) is 9.84 Å². The Kier molecular flexibility index (Phi) is 4.62. The summed E-state index contributed by atoms with van der Waals surface area (Å²) in [7, 11) is 1.21. The Morgan fingerprint density at radius 3 is 2.68 bits per heavy atom. The Balaban J connectivity index is 3.16. The summed E-state index contributed by atoms with van der Waals surface area (Å²) in [6, 6.07) is 0.773. The Morgan fingerprint density at radius 1 is 1.63 bits per heavy atom. The van der Waals surface area contributed by atoms with Crippen molar-refractivity contribution < 1.29 is 24.0 Å². The summed E-state index contributed by atoms with van der Waals surface area (Å²) < 4.78 is 18.5. The van der Waals surface area contributed by atoms with Gasteiger partial charge in [0.05, 0.1) is 23.8 Å². The molecule has 0 aliphatic heterocycles. The van der Waals surface area contributed by atoms with Gasteiger partial charge in [-0.2, -0.15) is 0 Å². The molecule has 0 aromatic heterocycles. The number of nitro benzene ring substituents is 1. The van der Waals surface area contributed by atoms with Crippen molar-refractivity contribution in [2.24, 2.45) is 0 Å². The maximum Gasteiger partial charge on any atom is 0.326 e. The van der Waals surface area contributed by atoms with Crippen LogP contribution in [-0.4, -0.2) is 29.2 Å². The SMILES string of the molecule is CCC(Nc1cc(OC)c([N+](=O)[O-])cc1F)C(=O)O. The van der Waals surface area contributed by atoms with Crippen LogP contribution in [-0.2, 0) is 4.79 Å². The molecule has 1 aromatic carbocycles. The van der Waals surface area contributed by atoms with E-state index >= 15 is 0 Å². The van der Waals surface area contributed by atoms with Crippen LogP contribution < -0.4 is 10.1 Å². The van der Waals surface area contributed by atoms with E-state index in [0.29, 0.717) is 6.07 Å². The zero-order valence-electron chi connectivity index (χ0n) is 10.3. The van der Waals surface area contributed by atoms with E-state index in [1.807, 2.05) is 0 Å². The molecule has 0 radical (unpaired) electrons. The highest BCUT2D eigenvalue weighted by molar-refractivity contribution is 5.77. The minimum atomic E-state index is -1.14. The number of nitrogens with one attached hydrogen (secondary N) is 1. The van der Waals surface area contributed by atoms with Gasteiger partial charge in [0.15, 0.2) is 11.6 Å². The minimum Gasteiger partial charge on any atom is -0.490 e. The number of hydrogen-bond acceptors (Lipinski definition) is 5. The number of halogens is 1. The lowest BCUT2D eigenvalue weighted by molar-refractivity contribution is -0.385. The minimum absolute atomic E-state index is 0.144. The van der Waals surface area contributed by atoms with Gasteiger partial charge in [-0.25, -0.2) is 9.18 Å². The van der Waals surface area contributed by atoms with Gasteiger partial charge < -0.3 is 15.2 Å². The van der Waals surface area contributed by atoms with Gasteiger partial charge in [0.25, 0.3) is 0 Å². The molecule has 1 aromatic rings. The van der Waals surface area contributed by atoms with Crippen molar-refractivity contribution in [3.63, 3.8) is 0 Å². The number of hydrogen-bond donors (Lipinski definition) is 2. The first-order valence-electron chi connectivity index (χ1n) is 5.42. The van der Waals surface area contributed by atoms with Crippen LogP contribution in [0.25, 0.3) is 0 Å². The number of methoxy groups -OCH3 is 1. The maximum atomic E-state index is 13.7. The molecule has 2 N–H and O–H groups in total. The van der Waals surface area contributed by atoms with E-state index in [1.54, 1.807) is 6.92 Å². The van der Waals surface area contributed by atoms with Crippen molar-refractivity contribution in [1.29, 1.82) is 0 Å². The number of carbonyl (C=O) groups is 1. The topological polar surface area (TPSA) is 102 Å². The third-order valence-corrected chi connectivity index (χ3v) is 2.50. The summed E-state index contributed by atoms with van der Waals surface area (Å²) in [5, 5.41) is 22.0. The van der Waals surface area contributed by atoms with Crippen LogP contribution in [0.1, 0.15) is 13.3 Å². The van der Waals surface area contributed by atoms with Crippen LogP contribution >= 0.6 is 0 Å². The smallest absolute Gasteiger partial charge is 0.326 e. The van der Waals surface area contributed by atoms with Gasteiger partial charge in [-0.05, 0) is 6.42 Å². The molecule has 1 atom stereocenters. The standard InChI is InChI=1S/C11H13FN2O5/c1-3-7(11(15)16)13-8-5-10(19-2)9(14(17)18)4-6(8)12/h4-5,7,13H,3H2,1-2H3,(H,15,16). The predicted molar refractivity (Wildman–Crippen MR) is 64.9 cm³/mol. The number of carboxylic acids is 1. The molecule has 104 valence electrons. The van der Waals surface area contributed by atoms with Crippen LogP contribution in [0.5, 0.6) is 5.75 Å². The average molecular weight is 272 g/mol. The second-order valence-electron chi connectivity index (χ2n) is 3.70. The Morgan fingerprint density at radius 2 is 2.26 bits per heavy atom. The van der Waals surface area contributed by atoms with Crippen LogP contribution in [0.2, 0.25) is 0 Å². The largest absolute Gasteiger partial charge is 0.490 e. The summed E-state index contributed by atoms with van der Waals surface area (Å²) in [5.74, 6) is -2.19. The van der Waals surface area contributed by atoms with E-state index in [9.17, 15) is 19.3 Å². The molecule has 7 nitrogen and oxygen atoms in total. The Bertz CT molecular complexity index is 506. The van der Waals surface area contributed by atoms with Gasteiger partial charge in [-0.3, -0.25) is 10.1 Å². The monoisotopic (exact) mass is 272 g/mol. The highest BCUT2D eigenvalue weighted by Crippen LogP contribution is 2.32. The van der Waals surface area contributed by atoms with E-state index in [0.717, 1.165) is 6.07 Å². The lowest BCUT2D eigenvalue weighted by Crippen LogP contribution is -2.28. The Labute approximate surface area is 108 Å². The molecule has 1 unspecified atom stereocenters. The highest BCUT2D eigenvalue weighted by atomic mass is 19.1. The van der Waals surface area contributed by atoms with Gasteiger partial charge in [-0.1, -0.05) is 6.92 Å². The molecule has 1 rings (SSSR count). The molecule has 0 spiro atoms. The predicted octanol–water partition coefficient (Wildman–Crippen LogP) is 2.02. The van der Waals surface area contributed by atoms with Crippen molar-refractivity contribution >= 4 is 17.3 Å². The number of rotatable bonds is 6. The van der Waals surface area contributed by atoms with Crippen molar-refractivity contribution in [1.82, 2.24) is 0 Å². The molecule has 0 aliphatic carbocycles. The molecular formula is C11H13FN2O5. The normalized spacial score (nSPS) is 11.7. The lowest BCUT2D eigenvalue weighted by atomic mass is 10.2. The zero-order valence-corrected chi connectivity index (χ0v) is 10.3. The summed E-state index contributed by atoms with van der Waals surface area (Å²) in [6.07, 6.45) is 0.230. The number of nitro groups is 1. The van der Waals surface area contributed by atoms with Crippen LogP contribution in [0.15, 0.2) is 12.1 Å². The molecule has 0 amide bonds. The van der Waals surface area contributed by atoms with Gasteiger partial charge in [0.2, 0.25) is 0 Å². The fraction of sp³-hybridized carbons (Fsp3) is 0.364. The first-order valence-corrected chi connectivity index (χ1v) is 5.42. The molecule has 0 fully saturated rings. The number of carboxylic acid groups (broad SMARTS) is 1. The fourth-order valence-electron chi connectivity index (χ4n) is 1.49. The number of aliphatic carboxylic acids is 1. The van der Waals surface area contributed by atoms with Crippen LogP contribution in [0.4, 0.5) is 15.8 Å². The summed E-state index contributed by atoms with van der Waals surface area (Å²) in [4.78, 5) is 20.7. The van der Waals surface area contributed by atoms with Crippen molar-refractivity contribution in [3.8, 4) is 5.75 Å². The summed E-state index contributed by atoms with van der Waals surface area (Å²) in [6.45, 7) is 1.62. The average Bonchev–Trinajstić information content (AvgIpc) is 2.36. The lowest BCUT2D eigenvalue weighted by Gasteiger charge is -2.15. The first kappa shape index (κ1) is 14.7. The number of nitrogens with zero attached hydrogens (tertiary/aromatic N) is 1. The summed E-state index contributed by atoms with van der Waals surface area (Å²) in [5.41, 5.74) is -0.675. The van der Waals surface area contributed by atoms with E-state index in [2.05, 4.69) is 5.32 Å². The molecule has 0 bridgehead atoms. The second kappa shape index (κ2) is 5.98. The molecule has 0 saturated carbocycles. The third kappa shape index (κ3) is 3.30. The van der Waals surface area contributed by atoms with Crippen LogP contribution in [0, 0.1) is 15.9 Å². The van der Waals surface area contributed by atoms with E-state index in [-0.39, 0.29) is 17.9 Å². The molecule has 0 saturated heterocycles. The molecule has 8 heteroatoms. The van der Waals surface area contributed by atoms with Gasteiger partial charge >= 0.3 is 11.7 Å². The maximum absolute atomic E-state index is 13.7. The highest BCUT2D eigenvalue weighted by Gasteiger charge is 2.22. The van der Waals surface area contributed by atoms with Gasteiger partial charge in [0, 0.05) is 6.07 Å². The molecular weight excluding hydrogens is 259 g/mol. The van der Waals surface area contributed by atoms with Crippen molar-refractivity contribution in [2.75, 3.05) is 12.4 Å². The van der Waals surface area contributed by atoms with Crippen LogP contribution in [0.3, 0.4) is 0 Å².